The zero-order valence-corrected chi connectivity index (χ0v) is 11.0. The van der Waals surface area contributed by atoms with Gasteiger partial charge in [0.25, 0.3) is 0 Å². The Bertz CT molecular complexity index is 439. The molecule has 0 atom stereocenters. The summed E-state index contributed by atoms with van der Waals surface area (Å²) in [7, 11) is 0. The minimum Gasteiger partial charge on any atom is -0.494 e. The number of nitrogens with two attached hydrogens (primary N) is 1. The van der Waals surface area contributed by atoms with Crippen LogP contribution in [0.4, 0.5) is 5.69 Å². The number of hydrogen-bond donors (Lipinski definition) is 1. The summed E-state index contributed by atoms with van der Waals surface area (Å²) < 4.78 is 11.1. The van der Waals surface area contributed by atoms with Gasteiger partial charge in [0, 0.05) is 17.0 Å². The Morgan fingerprint density at radius 2 is 1.89 bits per heavy atom. The van der Waals surface area contributed by atoms with Crippen LogP contribution in [0.1, 0.15) is 11.3 Å². The predicted molar refractivity (Wildman–Crippen MR) is 74.9 cm³/mol. The lowest BCUT2D eigenvalue weighted by Crippen LogP contribution is -2.02. The highest BCUT2D eigenvalue weighted by molar-refractivity contribution is 7.09. The molecular weight excluding hydrogens is 246 g/mol. The molecule has 1 aromatic heterocycles. The van der Waals surface area contributed by atoms with Gasteiger partial charge in [-0.05, 0) is 35.7 Å². The summed E-state index contributed by atoms with van der Waals surface area (Å²) in [5.41, 5.74) is 6.34. The van der Waals surface area contributed by atoms with E-state index in [0.717, 1.165) is 17.9 Å². The van der Waals surface area contributed by atoms with Crippen LogP contribution in [0.25, 0.3) is 0 Å². The van der Waals surface area contributed by atoms with Gasteiger partial charge in [0.1, 0.15) is 5.75 Å². The van der Waals surface area contributed by atoms with Crippen LogP contribution < -0.4 is 10.5 Å². The Morgan fingerprint density at radius 1 is 1.06 bits per heavy atom. The predicted octanol–water partition coefficient (Wildman–Crippen LogP) is 3.32. The van der Waals surface area contributed by atoms with Crippen LogP contribution in [-0.2, 0) is 11.3 Å². The molecule has 4 heteroatoms. The Balaban J connectivity index is 1.55. The molecule has 0 aliphatic carbocycles. The minimum absolute atomic E-state index is 0.661. The highest BCUT2D eigenvalue weighted by Crippen LogP contribution is 2.13. The van der Waals surface area contributed by atoms with Crippen molar-refractivity contribution in [3.05, 3.63) is 46.7 Å². The molecule has 18 heavy (non-hydrogen) atoms. The fourth-order valence-corrected chi connectivity index (χ4v) is 2.12. The van der Waals surface area contributed by atoms with Crippen molar-refractivity contribution in [2.24, 2.45) is 0 Å². The average molecular weight is 263 g/mol. The van der Waals surface area contributed by atoms with Gasteiger partial charge >= 0.3 is 0 Å². The van der Waals surface area contributed by atoms with Crippen LogP contribution in [0.15, 0.2) is 41.8 Å². The molecule has 0 saturated carbocycles. The minimum atomic E-state index is 0.661. The Morgan fingerprint density at radius 3 is 2.61 bits per heavy atom. The zero-order valence-electron chi connectivity index (χ0n) is 10.2. The summed E-state index contributed by atoms with van der Waals surface area (Å²) in [5, 5.41) is 2.06. The zero-order chi connectivity index (χ0) is 12.6. The number of ether oxygens (including phenoxy) is 2. The van der Waals surface area contributed by atoms with Gasteiger partial charge in [-0.2, -0.15) is 0 Å². The summed E-state index contributed by atoms with van der Waals surface area (Å²) >= 11 is 1.72. The van der Waals surface area contributed by atoms with E-state index >= 15 is 0 Å². The molecule has 3 nitrogen and oxygen atoms in total. The highest BCUT2D eigenvalue weighted by Gasteiger charge is 1.95. The molecular formula is C14H17NO2S. The number of thiophene rings is 1. The second-order valence-electron chi connectivity index (χ2n) is 3.90. The largest absolute Gasteiger partial charge is 0.494 e. The van der Waals surface area contributed by atoms with E-state index in [2.05, 4.69) is 11.4 Å². The molecule has 1 aromatic carbocycles. The molecule has 0 saturated heterocycles. The lowest BCUT2D eigenvalue weighted by Gasteiger charge is -2.06. The third-order valence-electron chi connectivity index (χ3n) is 2.41. The number of anilines is 1. The first-order chi connectivity index (χ1) is 8.84. The van der Waals surface area contributed by atoms with Crippen molar-refractivity contribution >= 4 is 17.0 Å². The van der Waals surface area contributed by atoms with E-state index in [4.69, 9.17) is 15.2 Å². The van der Waals surface area contributed by atoms with E-state index in [9.17, 15) is 0 Å². The van der Waals surface area contributed by atoms with E-state index in [1.165, 1.54) is 4.88 Å². The van der Waals surface area contributed by atoms with Gasteiger partial charge in [-0.15, -0.1) is 11.3 Å². The van der Waals surface area contributed by atoms with Crippen LogP contribution in [0.2, 0.25) is 0 Å². The SMILES string of the molecule is Nc1ccc(OCCCOCc2cccs2)cc1. The normalized spacial score (nSPS) is 10.4. The van der Waals surface area contributed by atoms with Gasteiger partial charge in [-0.25, -0.2) is 0 Å². The maximum absolute atomic E-state index is 5.59. The molecule has 1 heterocycles. The fraction of sp³-hybridized carbons (Fsp3) is 0.286. The number of rotatable bonds is 7. The van der Waals surface area contributed by atoms with Crippen LogP contribution in [-0.4, -0.2) is 13.2 Å². The molecule has 0 aliphatic heterocycles. The fourth-order valence-electron chi connectivity index (χ4n) is 1.48. The van der Waals surface area contributed by atoms with Crippen LogP contribution >= 0.6 is 11.3 Å². The van der Waals surface area contributed by atoms with Gasteiger partial charge in [0.2, 0.25) is 0 Å². The number of hydrogen-bond acceptors (Lipinski definition) is 4. The first-order valence-electron chi connectivity index (χ1n) is 5.93. The van der Waals surface area contributed by atoms with Gasteiger partial charge in [0.05, 0.1) is 19.8 Å². The molecule has 2 N–H and O–H groups in total. The average Bonchev–Trinajstić information content (AvgIpc) is 2.89. The summed E-state index contributed by atoms with van der Waals surface area (Å²) in [5.74, 6) is 0.849. The first-order valence-corrected chi connectivity index (χ1v) is 6.81. The lowest BCUT2D eigenvalue weighted by atomic mass is 10.3. The van der Waals surface area contributed by atoms with E-state index in [1.807, 2.05) is 30.3 Å². The van der Waals surface area contributed by atoms with Crippen molar-refractivity contribution in [1.82, 2.24) is 0 Å². The lowest BCUT2D eigenvalue weighted by molar-refractivity contribution is 0.109. The smallest absolute Gasteiger partial charge is 0.119 e. The van der Waals surface area contributed by atoms with Gasteiger partial charge < -0.3 is 15.2 Å². The Hall–Kier alpha value is -1.52. The van der Waals surface area contributed by atoms with Crippen molar-refractivity contribution in [2.45, 2.75) is 13.0 Å². The Labute approximate surface area is 111 Å². The van der Waals surface area contributed by atoms with Crippen molar-refractivity contribution in [1.29, 1.82) is 0 Å². The highest BCUT2D eigenvalue weighted by atomic mass is 32.1. The molecule has 0 aliphatic rings. The van der Waals surface area contributed by atoms with Crippen LogP contribution in [0, 0.1) is 0 Å². The molecule has 0 unspecified atom stereocenters. The maximum atomic E-state index is 5.59. The first kappa shape index (κ1) is 12.9. The summed E-state index contributed by atoms with van der Waals surface area (Å²) in [6, 6.07) is 11.5. The van der Waals surface area contributed by atoms with Gasteiger partial charge in [-0.1, -0.05) is 6.07 Å². The standard InChI is InChI=1S/C14H17NO2S/c15-12-4-6-13(7-5-12)17-9-2-8-16-11-14-3-1-10-18-14/h1,3-7,10H,2,8-9,11,15H2. The molecule has 0 bridgehead atoms. The molecule has 2 rings (SSSR count). The quantitative estimate of drug-likeness (QED) is 0.615. The van der Waals surface area contributed by atoms with Crippen molar-refractivity contribution in [2.75, 3.05) is 18.9 Å². The van der Waals surface area contributed by atoms with E-state index in [0.29, 0.717) is 19.8 Å². The third kappa shape index (κ3) is 4.39. The molecule has 96 valence electrons. The Kier molecular flexibility index (Phi) is 5.05. The van der Waals surface area contributed by atoms with E-state index in [-0.39, 0.29) is 0 Å². The third-order valence-corrected chi connectivity index (χ3v) is 3.26. The van der Waals surface area contributed by atoms with Crippen molar-refractivity contribution in [3.63, 3.8) is 0 Å². The second-order valence-corrected chi connectivity index (χ2v) is 4.94. The van der Waals surface area contributed by atoms with Gasteiger partial charge in [0.15, 0.2) is 0 Å². The van der Waals surface area contributed by atoms with Crippen molar-refractivity contribution in [3.8, 4) is 5.75 Å². The number of nitrogen functional groups attached to an aromatic ring is 1. The monoisotopic (exact) mass is 263 g/mol. The molecule has 2 aromatic rings. The second kappa shape index (κ2) is 7.03. The summed E-state index contributed by atoms with van der Waals surface area (Å²) in [4.78, 5) is 1.26. The molecule has 0 radical (unpaired) electrons. The van der Waals surface area contributed by atoms with Gasteiger partial charge in [-0.3, -0.25) is 0 Å². The molecule has 0 spiro atoms. The number of benzene rings is 1. The summed E-state index contributed by atoms with van der Waals surface area (Å²) in [6.45, 7) is 2.07. The maximum Gasteiger partial charge on any atom is 0.119 e. The topological polar surface area (TPSA) is 44.5 Å². The van der Waals surface area contributed by atoms with Crippen LogP contribution in [0.3, 0.4) is 0 Å². The van der Waals surface area contributed by atoms with E-state index in [1.54, 1.807) is 11.3 Å². The molecule has 0 fully saturated rings. The summed E-state index contributed by atoms with van der Waals surface area (Å²) in [6.07, 6.45) is 0.885. The molecule has 0 amide bonds. The van der Waals surface area contributed by atoms with Crippen LogP contribution in [0.5, 0.6) is 5.75 Å². The van der Waals surface area contributed by atoms with Crippen molar-refractivity contribution < 1.29 is 9.47 Å². The van der Waals surface area contributed by atoms with E-state index < -0.39 is 0 Å².